The van der Waals surface area contributed by atoms with Gasteiger partial charge in [-0.15, -0.1) is 0 Å². The topological polar surface area (TPSA) is 83.0 Å². The number of halogens is 1. The fraction of sp³-hybridized carbons (Fsp3) is 0.528. The van der Waals surface area contributed by atoms with E-state index in [4.69, 9.17) is 40.5 Å². The van der Waals surface area contributed by atoms with Crippen molar-refractivity contribution in [2.75, 3.05) is 31.2 Å². The third kappa shape index (κ3) is 9.33. The molecule has 0 saturated carbocycles. The molecule has 0 radical (unpaired) electrons. The lowest BCUT2D eigenvalue weighted by atomic mass is 9.82. The number of piperidine rings is 1. The molecule has 4 rings (SSSR count). The van der Waals surface area contributed by atoms with Crippen molar-refractivity contribution in [3.8, 4) is 22.8 Å². The summed E-state index contributed by atoms with van der Waals surface area (Å²) in [5, 5.41) is 0.679. The largest absolute Gasteiger partial charge is 0.490 e. The number of rotatable bonds is 11. The zero-order chi connectivity index (χ0) is 32.9. The number of benzene rings is 1. The zero-order valence-corrected chi connectivity index (χ0v) is 29.0. The van der Waals surface area contributed by atoms with E-state index in [1.165, 1.54) is 0 Å². The Balaban J connectivity index is 1.65. The molecule has 2 aromatic heterocycles. The molecule has 1 saturated heterocycles. The van der Waals surface area contributed by atoms with Gasteiger partial charge in [-0.25, -0.2) is 4.79 Å². The van der Waals surface area contributed by atoms with Crippen LogP contribution in [-0.4, -0.2) is 53.9 Å². The summed E-state index contributed by atoms with van der Waals surface area (Å²) >= 11 is 6.05. The Kier molecular flexibility index (Phi) is 11.0. The summed E-state index contributed by atoms with van der Waals surface area (Å²) in [6.07, 6.45) is 4.37. The van der Waals surface area contributed by atoms with Crippen LogP contribution in [0.3, 0.4) is 0 Å². The van der Waals surface area contributed by atoms with Gasteiger partial charge in [-0.1, -0.05) is 25.4 Å². The van der Waals surface area contributed by atoms with Crippen LogP contribution in [0.5, 0.6) is 11.5 Å². The van der Waals surface area contributed by atoms with Crippen LogP contribution in [0.2, 0.25) is 5.02 Å². The van der Waals surface area contributed by atoms with Crippen molar-refractivity contribution in [2.45, 2.75) is 93.0 Å². The highest BCUT2D eigenvalue weighted by Crippen LogP contribution is 2.43. The molecule has 1 fully saturated rings. The van der Waals surface area contributed by atoms with E-state index in [-0.39, 0.29) is 11.5 Å². The molecule has 1 aromatic carbocycles. The first-order chi connectivity index (χ1) is 21.1. The van der Waals surface area contributed by atoms with Crippen LogP contribution < -0.4 is 14.4 Å². The second-order valence-corrected chi connectivity index (χ2v) is 14.2. The number of ether oxygens (including phenoxy) is 4. The minimum absolute atomic E-state index is 0.240. The highest BCUT2D eigenvalue weighted by atomic mass is 35.5. The molecule has 0 amide bonds. The van der Waals surface area contributed by atoms with Crippen LogP contribution in [0.25, 0.3) is 11.3 Å². The van der Waals surface area contributed by atoms with Gasteiger partial charge < -0.3 is 23.8 Å². The van der Waals surface area contributed by atoms with Gasteiger partial charge in [0.15, 0.2) is 6.10 Å². The van der Waals surface area contributed by atoms with Gasteiger partial charge in [0.25, 0.3) is 0 Å². The maximum absolute atomic E-state index is 13.6. The molecule has 1 aliphatic rings. The van der Waals surface area contributed by atoms with E-state index in [0.29, 0.717) is 24.0 Å². The summed E-state index contributed by atoms with van der Waals surface area (Å²) < 4.78 is 24.0. The van der Waals surface area contributed by atoms with E-state index < -0.39 is 17.7 Å². The van der Waals surface area contributed by atoms with Crippen LogP contribution in [-0.2, 0) is 14.3 Å². The fourth-order valence-electron chi connectivity index (χ4n) is 5.37. The van der Waals surface area contributed by atoms with Gasteiger partial charge in [0, 0.05) is 41.1 Å². The summed E-state index contributed by atoms with van der Waals surface area (Å²) in [6, 6.07) is 9.37. The zero-order valence-electron chi connectivity index (χ0n) is 28.2. The third-order valence-corrected chi connectivity index (χ3v) is 8.01. The quantitative estimate of drug-likeness (QED) is 0.153. The minimum atomic E-state index is -0.948. The van der Waals surface area contributed by atoms with Crippen LogP contribution in [0.4, 0.5) is 5.69 Å². The van der Waals surface area contributed by atoms with Crippen molar-refractivity contribution in [3.05, 3.63) is 64.6 Å². The van der Waals surface area contributed by atoms with Gasteiger partial charge in [-0.2, -0.15) is 0 Å². The van der Waals surface area contributed by atoms with Crippen molar-refractivity contribution in [1.82, 2.24) is 9.97 Å². The van der Waals surface area contributed by atoms with E-state index in [9.17, 15) is 4.79 Å². The first-order valence-electron chi connectivity index (χ1n) is 15.7. The molecule has 0 unspecified atom stereocenters. The first kappa shape index (κ1) is 34.5. The van der Waals surface area contributed by atoms with Crippen molar-refractivity contribution in [1.29, 1.82) is 0 Å². The molecule has 9 heteroatoms. The van der Waals surface area contributed by atoms with E-state index in [0.717, 1.165) is 65.4 Å². The molecular weight excluding hydrogens is 590 g/mol. The van der Waals surface area contributed by atoms with Crippen LogP contribution in [0.1, 0.15) is 84.2 Å². The van der Waals surface area contributed by atoms with Crippen LogP contribution in [0, 0.1) is 19.3 Å². The number of pyridine rings is 2. The summed E-state index contributed by atoms with van der Waals surface area (Å²) in [4.78, 5) is 25.5. The number of anilines is 1. The Hall–Kier alpha value is -3.36. The van der Waals surface area contributed by atoms with Gasteiger partial charge in [0.2, 0.25) is 0 Å². The Labute approximate surface area is 273 Å². The van der Waals surface area contributed by atoms with Crippen LogP contribution >= 0.6 is 11.6 Å². The highest BCUT2D eigenvalue weighted by Gasteiger charge is 2.37. The van der Waals surface area contributed by atoms with Gasteiger partial charge in [-0.05, 0) is 103 Å². The van der Waals surface area contributed by atoms with Gasteiger partial charge in [-0.3, -0.25) is 9.97 Å². The van der Waals surface area contributed by atoms with Crippen molar-refractivity contribution < 1.29 is 23.7 Å². The number of aromatic nitrogens is 2. The molecule has 45 heavy (non-hydrogen) atoms. The normalized spacial score (nSPS) is 15.6. The molecule has 0 aliphatic carbocycles. The molecule has 8 nitrogen and oxygen atoms in total. The number of aryl methyl sites for hydroxylation is 2. The van der Waals surface area contributed by atoms with Crippen LogP contribution in [0.15, 0.2) is 42.7 Å². The van der Waals surface area contributed by atoms with E-state index >= 15 is 0 Å². The lowest BCUT2D eigenvalue weighted by molar-refractivity contribution is -0.171. The molecule has 244 valence electrons. The number of esters is 1. The molecular formula is C36H48ClN3O5. The van der Waals surface area contributed by atoms with E-state index in [1.807, 2.05) is 85.0 Å². The number of nitrogens with zero attached hydrogens (tertiary/aromatic N) is 3. The van der Waals surface area contributed by atoms with E-state index in [2.05, 4.69) is 18.7 Å². The molecule has 1 aliphatic heterocycles. The second-order valence-electron chi connectivity index (χ2n) is 13.8. The molecule has 1 atom stereocenters. The molecule has 0 spiro atoms. The monoisotopic (exact) mass is 637 g/mol. The van der Waals surface area contributed by atoms with Gasteiger partial charge in [0.1, 0.15) is 24.7 Å². The second kappa shape index (κ2) is 14.4. The number of carbonyl (C=O) groups is 1. The Bertz CT molecular complexity index is 1460. The molecule has 3 aromatic rings. The Morgan fingerprint density at radius 2 is 1.69 bits per heavy atom. The molecule has 0 N–H and O–H groups in total. The predicted octanol–water partition coefficient (Wildman–Crippen LogP) is 8.31. The number of hydrogen-bond acceptors (Lipinski definition) is 8. The van der Waals surface area contributed by atoms with Crippen molar-refractivity contribution >= 4 is 23.3 Å². The average molecular weight is 638 g/mol. The maximum Gasteiger partial charge on any atom is 0.340 e. The SMILES string of the molecule is Cc1cc(Cl)ccc1OCCOc1ccc(-c2cnc(C)c([C@H](OC(C)(C)C)C(=O)OC(C)C)c2N2CCC(C)(C)CC2)nc1. The minimum Gasteiger partial charge on any atom is -0.490 e. The summed E-state index contributed by atoms with van der Waals surface area (Å²) in [5.41, 5.74) is 4.55. The molecule has 3 heterocycles. The summed E-state index contributed by atoms with van der Waals surface area (Å²) in [6.45, 7) is 20.4. The van der Waals surface area contributed by atoms with E-state index in [1.54, 1.807) is 6.20 Å². The highest BCUT2D eigenvalue weighted by molar-refractivity contribution is 6.30. The number of hydrogen-bond donors (Lipinski definition) is 0. The first-order valence-corrected chi connectivity index (χ1v) is 16.1. The lowest BCUT2D eigenvalue weighted by Gasteiger charge is -2.41. The molecule has 0 bridgehead atoms. The number of carbonyl (C=O) groups excluding carboxylic acids is 1. The summed E-state index contributed by atoms with van der Waals surface area (Å²) in [5.74, 6) is 0.985. The third-order valence-electron chi connectivity index (χ3n) is 7.78. The van der Waals surface area contributed by atoms with Gasteiger partial charge >= 0.3 is 5.97 Å². The fourth-order valence-corrected chi connectivity index (χ4v) is 5.60. The van der Waals surface area contributed by atoms with Gasteiger partial charge in [0.05, 0.1) is 29.3 Å². The summed E-state index contributed by atoms with van der Waals surface area (Å²) in [7, 11) is 0. The van der Waals surface area contributed by atoms with Crippen molar-refractivity contribution in [2.24, 2.45) is 5.41 Å². The average Bonchev–Trinajstić information content (AvgIpc) is 2.95. The predicted molar refractivity (Wildman–Crippen MR) is 179 cm³/mol. The Morgan fingerprint density at radius 3 is 2.29 bits per heavy atom. The Morgan fingerprint density at radius 1 is 1.00 bits per heavy atom. The standard InChI is InChI=1S/C36H48ClN3O5/c1-23(2)44-34(41)33(45-35(5,6)7)31-25(4)38-22-28(32(31)40-16-14-36(8,9)15-17-40)29-12-11-27(21-39-29)42-18-19-43-30-13-10-26(37)20-24(30)3/h10-13,20-23,33H,14-19H2,1-9H3/t33-/m0/s1. The smallest absolute Gasteiger partial charge is 0.340 e. The lowest BCUT2D eigenvalue weighted by Crippen LogP contribution is -2.39. The van der Waals surface area contributed by atoms with Crippen molar-refractivity contribution in [3.63, 3.8) is 0 Å². The maximum atomic E-state index is 13.6.